The van der Waals surface area contributed by atoms with E-state index in [2.05, 4.69) is 53.4 Å². The molecule has 35 heavy (non-hydrogen) atoms. The number of hydrogen-bond donors (Lipinski definition) is 0. The molecule has 0 aromatic heterocycles. The Balaban J connectivity index is 1.64. The Labute approximate surface area is 205 Å². The highest BCUT2D eigenvalue weighted by Crippen LogP contribution is 2.53. The highest BCUT2D eigenvalue weighted by molar-refractivity contribution is 7.76. The summed E-state index contributed by atoms with van der Waals surface area (Å²) in [5.74, 6) is 0. The van der Waals surface area contributed by atoms with Crippen LogP contribution in [0.15, 0.2) is 102 Å². The fourth-order valence-corrected chi connectivity index (χ4v) is 7.52. The topological polar surface area (TPSA) is 12.5 Å². The molecule has 2 nitrogen and oxygen atoms in total. The van der Waals surface area contributed by atoms with Crippen molar-refractivity contribution < 1.29 is 17.9 Å². The van der Waals surface area contributed by atoms with E-state index in [9.17, 15) is 13.2 Å². The van der Waals surface area contributed by atoms with Gasteiger partial charge in [0.25, 0.3) is 0 Å². The Hall–Kier alpha value is -2.88. The molecule has 1 saturated heterocycles. The third kappa shape index (κ3) is 5.37. The molecule has 0 bridgehead atoms. The fourth-order valence-electron chi connectivity index (χ4n) is 4.83. The maximum Gasteiger partial charge on any atom is 0.416 e. The van der Waals surface area contributed by atoms with Crippen molar-refractivity contribution in [2.75, 3.05) is 26.3 Å². The molecule has 0 atom stereocenters. The second-order valence-electron chi connectivity index (χ2n) is 8.69. The molecule has 0 saturated carbocycles. The van der Waals surface area contributed by atoms with Crippen LogP contribution in [0, 0.1) is 0 Å². The summed E-state index contributed by atoms with van der Waals surface area (Å²) < 4.78 is 45.7. The van der Waals surface area contributed by atoms with E-state index in [-0.39, 0.29) is 0 Å². The van der Waals surface area contributed by atoms with Crippen molar-refractivity contribution >= 4 is 24.6 Å². The van der Waals surface area contributed by atoms with Crippen molar-refractivity contribution in [3.63, 3.8) is 0 Å². The lowest BCUT2D eigenvalue weighted by molar-refractivity contribution is -0.137. The predicted molar refractivity (Wildman–Crippen MR) is 137 cm³/mol. The third-order valence-electron chi connectivity index (χ3n) is 6.39. The molecule has 2 aliphatic rings. The average molecular weight is 494 g/mol. The van der Waals surface area contributed by atoms with Crippen LogP contribution in [0.2, 0.25) is 0 Å². The van der Waals surface area contributed by atoms with Gasteiger partial charge in [-0.3, -0.25) is 0 Å². The quantitative estimate of drug-likeness (QED) is 0.374. The van der Waals surface area contributed by atoms with Crippen LogP contribution in [0.1, 0.15) is 24.0 Å². The zero-order valence-corrected chi connectivity index (χ0v) is 20.2. The number of nitrogens with zero attached hydrogens (tertiary/aromatic N) is 1. The van der Waals surface area contributed by atoms with E-state index in [4.69, 9.17) is 4.74 Å². The number of morpholine rings is 1. The zero-order chi connectivity index (χ0) is 24.3. The van der Waals surface area contributed by atoms with Crippen molar-refractivity contribution in [2.45, 2.75) is 19.0 Å². The first-order valence-electron chi connectivity index (χ1n) is 11.8. The Morgan fingerprint density at radius 1 is 0.771 bits per heavy atom. The van der Waals surface area contributed by atoms with Gasteiger partial charge in [-0.05, 0) is 66.0 Å². The van der Waals surface area contributed by atoms with E-state index < -0.39 is 19.7 Å². The predicted octanol–water partition coefficient (Wildman–Crippen LogP) is 6.56. The molecule has 0 amide bonds. The van der Waals surface area contributed by atoms with Gasteiger partial charge in [0, 0.05) is 18.8 Å². The summed E-state index contributed by atoms with van der Waals surface area (Å²) in [6.45, 7) is 2.88. The maximum atomic E-state index is 13.3. The smallest absolute Gasteiger partial charge is 0.378 e. The SMILES string of the molecule is FC(F)(F)c1cccc(/C=C2\CCC(P(c3ccccc3)c3ccccc3)=C2N2CCOCC2)c1. The average Bonchev–Trinajstić information content (AvgIpc) is 3.28. The summed E-state index contributed by atoms with van der Waals surface area (Å²) in [6, 6.07) is 26.8. The van der Waals surface area contributed by atoms with Crippen molar-refractivity contribution in [3.05, 3.63) is 113 Å². The molecule has 3 aromatic rings. The minimum Gasteiger partial charge on any atom is -0.378 e. The minimum absolute atomic E-state index is 0.589. The summed E-state index contributed by atoms with van der Waals surface area (Å²) in [5, 5.41) is 3.96. The van der Waals surface area contributed by atoms with Crippen molar-refractivity contribution in [3.8, 4) is 0 Å². The zero-order valence-electron chi connectivity index (χ0n) is 19.3. The van der Waals surface area contributed by atoms with Crippen LogP contribution in [-0.2, 0) is 10.9 Å². The molecule has 0 spiro atoms. The Morgan fingerprint density at radius 3 is 2.00 bits per heavy atom. The Bertz CT molecular complexity index is 1180. The van der Waals surface area contributed by atoms with Gasteiger partial charge in [0.1, 0.15) is 0 Å². The lowest BCUT2D eigenvalue weighted by Gasteiger charge is -2.33. The first-order valence-corrected chi connectivity index (χ1v) is 13.2. The normalized spacial score (nSPS) is 18.1. The molecule has 0 N–H and O–H groups in total. The Morgan fingerprint density at radius 2 is 1.40 bits per heavy atom. The van der Waals surface area contributed by atoms with Crippen molar-refractivity contribution in [1.82, 2.24) is 4.90 Å². The molecule has 1 fully saturated rings. The van der Waals surface area contributed by atoms with Crippen LogP contribution in [0.5, 0.6) is 0 Å². The van der Waals surface area contributed by atoms with Gasteiger partial charge >= 0.3 is 6.18 Å². The van der Waals surface area contributed by atoms with Gasteiger partial charge in [0.15, 0.2) is 0 Å². The molecule has 1 heterocycles. The van der Waals surface area contributed by atoms with E-state index in [1.165, 1.54) is 33.8 Å². The molecule has 6 heteroatoms. The number of allylic oxidation sites excluding steroid dienone is 2. The number of ether oxygens (including phenoxy) is 1. The van der Waals surface area contributed by atoms with Crippen LogP contribution in [0.3, 0.4) is 0 Å². The second-order valence-corrected chi connectivity index (χ2v) is 10.9. The van der Waals surface area contributed by atoms with Crippen molar-refractivity contribution in [2.24, 2.45) is 0 Å². The lowest BCUT2D eigenvalue weighted by atomic mass is 10.1. The molecular formula is C29H27F3NOP. The molecule has 3 aromatic carbocycles. The summed E-state index contributed by atoms with van der Waals surface area (Å²) in [7, 11) is -0.766. The van der Waals surface area contributed by atoms with Crippen LogP contribution in [-0.4, -0.2) is 31.2 Å². The standard InChI is InChI=1S/C29H27F3NOP/c30-29(31,32)24-9-7-8-22(21-24)20-23-14-15-27(28(23)33-16-18-34-19-17-33)35(25-10-3-1-4-11-25)26-12-5-2-6-13-26/h1-13,20-21H,14-19H2/b23-20+. The largest absolute Gasteiger partial charge is 0.416 e. The van der Waals surface area contributed by atoms with Gasteiger partial charge in [-0.25, -0.2) is 0 Å². The van der Waals surface area contributed by atoms with E-state index in [0.29, 0.717) is 18.8 Å². The summed E-state index contributed by atoms with van der Waals surface area (Å²) in [5.41, 5.74) is 2.29. The molecule has 0 radical (unpaired) electrons. The van der Waals surface area contributed by atoms with Gasteiger partial charge in [-0.1, -0.05) is 72.8 Å². The lowest BCUT2D eigenvalue weighted by Crippen LogP contribution is -2.36. The van der Waals surface area contributed by atoms with Crippen molar-refractivity contribution in [1.29, 1.82) is 0 Å². The molecular weight excluding hydrogens is 466 g/mol. The highest BCUT2D eigenvalue weighted by Gasteiger charge is 2.33. The molecule has 1 aliphatic carbocycles. The highest BCUT2D eigenvalue weighted by atomic mass is 31.1. The van der Waals surface area contributed by atoms with Crippen LogP contribution in [0.4, 0.5) is 13.2 Å². The number of halogens is 3. The first kappa shape index (κ1) is 23.8. The summed E-state index contributed by atoms with van der Waals surface area (Å²) in [4.78, 5) is 2.38. The van der Waals surface area contributed by atoms with Gasteiger partial charge in [0.05, 0.1) is 18.8 Å². The molecule has 1 aliphatic heterocycles. The number of rotatable bonds is 5. The van der Waals surface area contributed by atoms with Gasteiger partial charge in [-0.15, -0.1) is 0 Å². The van der Waals surface area contributed by atoms with E-state index in [0.717, 1.165) is 37.6 Å². The number of benzene rings is 3. The monoisotopic (exact) mass is 493 g/mol. The third-order valence-corrected chi connectivity index (χ3v) is 8.99. The molecule has 180 valence electrons. The van der Waals surface area contributed by atoms with Crippen LogP contribution in [0.25, 0.3) is 6.08 Å². The molecule has 5 rings (SSSR count). The van der Waals surface area contributed by atoms with E-state index in [1.54, 1.807) is 6.07 Å². The minimum atomic E-state index is -4.35. The second kappa shape index (κ2) is 10.4. The number of alkyl halides is 3. The first-order chi connectivity index (χ1) is 17.0. The van der Waals surface area contributed by atoms with E-state index >= 15 is 0 Å². The van der Waals surface area contributed by atoms with Crippen LogP contribution < -0.4 is 10.6 Å². The molecule has 0 unspecified atom stereocenters. The summed E-state index contributed by atoms with van der Waals surface area (Å²) >= 11 is 0. The number of hydrogen-bond acceptors (Lipinski definition) is 2. The van der Waals surface area contributed by atoms with Gasteiger partial charge in [-0.2, -0.15) is 13.2 Å². The fraction of sp³-hybridized carbons (Fsp3) is 0.241. The Kier molecular flexibility index (Phi) is 7.08. The maximum absolute atomic E-state index is 13.3. The summed E-state index contributed by atoms with van der Waals surface area (Å²) in [6.07, 6.45) is -0.687. The van der Waals surface area contributed by atoms with Crippen LogP contribution >= 0.6 is 7.92 Å². The van der Waals surface area contributed by atoms with Gasteiger partial charge < -0.3 is 9.64 Å². The van der Waals surface area contributed by atoms with E-state index in [1.807, 2.05) is 18.2 Å². The van der Waals surface area contributed by atoms with Gasteiger partial charge in [0.2, 0.25) is 0 Å².